The number of amides is 1. The molecule has 1 aromatic heterocycles. The van der Waals surface area contributed by atoms with Gasteiger partial charge in [0.25, 0.3) is 10.0 Å². The summed E-state index contributed by atoms with van der Waals surface area (Å²) >= 11 is 0. The fourth-order valence-corrected chi connectivity index (χ4v) is 3.79. The number of H-pyrrole nitrogens is 1. The van der Waals surface area contributed by atoms with Crippen LogP contribution in [0.2, 0.25) is 0 Å². The Morgan fingerprint density at radius 3 is 2.04 bits per heavy atom. The lowest BCUT2D eigenvalue weighted by Crippen LogP contribution is -2.27. The second-order valence-corrected chi connectivity index (χ2v) is 7.24. The average Bonchev–Trinajstić information content (AvgIpc) is 2.85. The number of anilines is 2. The van der Waals surface area contributed by atoms with E-state index in [9.17, 15) is 13.2 Å². The molecule has 0 saturated heterocycles. The van der Waals surface area contributed by atoms with Crippen LogP contribution in [0.25, 0.3) is 0 Å². The van der Waals surface area contributed by atoms with Crippen LogP contribution in [0.1, 0.15) is 18.3 Å². The number of carbonyl (C=O) groups excluding carboxylic acids is 1. The monoisotopic (exact) mass is 336 g/mol. The van der Waals surface area contributed by atoms with Gasteiger partial charge in [-0.3, -0.25) is 14.2 Å². The van der Waals surface area contributed by atoms with Gasteiger partial charge in [0.15, 0.2) is 0 Å². The van der Waals surface area contributed by atoms with Crippen LogP contribution in [0.3, 0.4) is 0 Å². The van der Waals surface area contributed by atoms with Crippen molar-refractivity contribution in [2.75, 3.05) is 23.3 Å². The molecule has 124 valence electrons. The van der Waals surface area contributed by atoms with E-state index in [0.717, 1.165) is 0 Å². The Bertz CT molecular complexity index is 805. The number of nitrogens with zero attached hydrogens (tertiary/aromatic N) is 3. The van der Waals surface area contributed by atoms with Gasteiger partial charge in [-0.1, -0.05) is 0 Å². The molecule has 0 fully saturated rings. The molecule has 2 aromatic rings. The number of rotatable bonds is 4. The molecule has 1 amide bonds. The van der Waals surface area contributed by atoms with Crippen molar-refractivity contribution in [3.05, 3.63) is 35.7 Å². The molecule has 1 aromatic carbocycles. The lowest BCUT2D eigenvalue weighted by molar-refractivity contribution is -0.116. The standard InChI is InChI=1S/C15H20N4O3S/c1-10-15(11(2)17-16-10)23(21,22)19(5)14-8-6-13(7-9-14)18(4)12(3)20/h6-9H,1-5H3,(H,16,17). The first-order chi connectivity index (χ1) is 10.7. The summed E-state index contributed by atoms with van der Waals surface area (Å²) < 4.78 is 26.7. The fraction of sp³-hybridized carbons (Fsp3) is 0.333. The summed E-state index contributed by atoms with van der Waals surface area (Å²) in [7, 11) is -0.547. The SMILES string of the molecule is CC(=O)N(C)c1ccc(N(C)S(=O)(=O)c2c(C)n[nH]c2C)cc1. The zero-order valence-electron chi connectivity index (χ0n) is 13.8. The van der Waals surface area contributed by atoms with Crippen LogP contribution >= 0.6 is 0 Å². The van der Waals surface area contributed by atoms with E-state index >= 15 is 0 Å². The van der Waals surface area contributed by atoms with Gasteiger partial charge in [0, 0.05) is 26.7 Å². The molecule has 8 heteroatoms. The minimum atomic E-state index is -3.70. The number of hydrogen-bond acceptors (Lipinski definition) is 4. The van der Waals surface area contributed by atoms with Gasteiger partial charge in [-0.15, -0.1) is 0 Å². The van der Waals surface area contributed by atoms with Gasteiger partial charge in [0.2, 0.25) is 5.91 Å². The predicted molar refractivity (Wildman–Crippen MR) is 89.2 cm³/mol. The molecule has 0 aliphatic heterocycles. The molecule has 0 spiro atoms. The van der Waals surface area contributed by atoms with Gasteiger partial charge < -0.3 is 4.90 Å². The first-order valence-electron chi connectivity index (χ1n) is 7.01. The summed E-state index contributed by atoms with van der Waals surface area (Å²) in [6.07, 6.45) is 0. The Morgan fingerprint density at radius 1 is 1.09 bits per heavy atom. The van der Waals surface area contributed by atoms with Crippen LogP contribution in [0.4, 0.5) is 11.4 Å². The van der Waals surface area contributed by atoms with Gasteiger partial charge in [-0.2, -0.15) is 5.10 Å². The molecule has 0 saturated carbocycles. The maximum Gasteiger partial charge on any atom is 0.267 e. The van der Waals surface area contributed by atoms with Crippen molar-refractivity contribution < 1.29 is 13.2 Å². The zero-order chi connectivity index (χ0) is 17.4. The molecule has 0 atom stereocenters. The summed E-state index contributed by atoms with van der Waals surface area (Å²) in [6.45, 7) is 4.79. The van der Waals surface area contributed by atoms with Gasteiger partial charge in [-0.25, -0.2) is 8.42 Å². The Hall–Kier alpha value is -2.35. The van der Waals surface area contributed by atoms with E-state index in [4.69, 9.17) is 0 Å². The summed E-state index contributed by atoms with van der Waals surface area (Å²) in [5, 5.41) is 6.63. The highest BCUT2D eigenvalue weighted by Crippen LogP contribution is 2.27. The minimum absolute atomic E-state index is 0.0941. The highest BCUT2D eigenvalue weighted by molar-refractivity contribution is 7.92. The van der Waals surface area contributed by atoms with Crippen LogP contribution in [-0.4, -0.2) is 38.6 Å². The van der Waals surface area contributed by atoms with Gasteiger partial charge in [0.1, 0.15) is 4.90 Å². The summed E-state index contributed by atoms with van der Waals surface area (Å²) in [5.41, 5.74) is 2.14. The van der Waals surface area contributed by atoms with Crippen molar-refractivity contribution in [3.8, 4) is 0 Å². The van der Waals surface area contributed by atoms with Gasteiger partial charge in [-0.05, 0) is 38.1 Å². The van der Waals surface area contributed by atoms with Crippen LogP contribution in [0, 0.1) is 13.8 Å². The van der Waals surface area contributed by atoms with E-state index in [1.165, 1.54) is 23.2 Å². The molecule has 0 radical (unpaired) electrons. The second kappa shape index (κ2) is 6.04. The summed E-state index contributed by atoms with van der Waals surface area (Å²) in [5.74, 6) is -0.0941. The highest BCUT2D eigenvalue weighted by atomic mass is 32.2. The average molecular weight is 336 g/mol. The first-order valence-corrected chi connectivity index (χ1v) is 8.45. The molecule has 1 N–H and O–H groups in total. The van der Waals surface area contributed by atoms with Crippen molar-refractivity contribution in [1.82, 2.24) is 10.2 Å². The highest BCUT2D eigenvalue weighted by Gasteiger charge is 2.27. The van der Waals surface area contributed by atoms with E-state index in [-0.39, 0.29) is 10.8 Å². The molecular weight excluding hydrogens is 316 g/mol. The topological polar surface area (TPSA) is 86.4 Å². The third-order valence-corrected chi connectivity index (χ3v) is 5.80. The largest absolute Gasteiger partial charge is 0.316 e. The Balaban J connectivity index is 2.37. The molecule has 0 aliphatic rings. The molecule has 0 aliphatic carbocycles. The number of nitrogens with one attached hydrogen (secondary N) is 1. The van der Waals surface area contributed by atoms with Crippen molar-refractivity contribution in [3.63, 3.8) is 0 Å². The molecule has 1 heterocycles. The fourth-order valence-electron chi connectivity index (χ4n) is 2.26. The summed E-state index contributed by atoms with van der Waals surface area (Å²) in [6, 6.07) is 6.74. The Morgan fingerprint density at radius 2 is 1.61 bits per heavy atom. The number of aromatic nitrogens is 2. The third-order valence-electron chi connectivity index (χ3n) is 3.75. The maximum absolute atomic E-state index is 12.8. The molecular formula is C15H20N4O3S. The van der Waals surface area contributed by atoms with E-state index in [1.807, 2.05) is 0 Å². The van der Waals surface area contributed by atoms with Gasteiger partial charge in [0.05, 0.1) is 17.1 Å². The van der Waals surface area contributed by atoms with Gasteiger partial charge >= 0.3 is 0 Å². The Labute approximate surface area is 136 Å². The number of aryl methyl sites for hydroxylation is 2. The van der Waals surface area contributed by atoms with Crippen LogP contribution in [0.5, 0.6) is 0 Å². The van der Waals surface area contributed by atoms with E-state index in [0.29, 0.717) is 22.8 Å². The number of sulfonamides is 1. The van der Waals surface area contributed by atoms with E-state index in [2.05, 4.69) is 10.2 Å². The van der Waals surface area contributed by atoms with Crippen LogP contribution < -0.4 is 9.21 Å². The smallest absolute Gasteiger partial charge is 0.267 e. The predicted octanol–water partition coefficient (Wildman–Crippen LogP) is 1.83. The number of carbonyl (C=O) groups is 1. The zero-order valence-corrected chi connectivity index (χ0v) is 14.6. The number of benzene rings is 1. The first kappa shape index (κ1) is 17.0. The Kier molecular flexibility index (Phi) is 4.46. The number of hydrogen-bond donors (Lipinski definition) is 1. The van der Waals surface area contributed by atoms with Crippen LogP contribution in [0.15, 0.2) is 29.2 Å². The maximum atomic E-state index is 12.8. The van der Waals surface area contributed by atoms with Crippen molar-refractivity contribution in [2.45, 2.75) is 25.7 Å². The lowest BCUT2D eigenvalue weighted by atomic mass is 10.2. The molecule has 2 rings (SSSR count). The molecule has 0 bridgehead atoms. The van der Waals surface area contributed by atoms with E-state index < -0.39 is 10.0 Å². The lowest BCUT2D eigenvalue weighted by Gasteiger charge is -2.21. The second-order valence-electron chi connectivity index (χ2n) is 5.33. The van der Waals surface area contributed by atoms with Crippen molar-refractivity contribution in [1.29, 1.82) is 0 Å². The van der Waals surface area contributed by atoms with Crippen LogP contribution in [-0.2, 0) is 14.8 Å². The van der Waals surface area contributed by atoms with Crippen molar-refractivity contribution in [2.24, 2.45) is 0 Å². The van der Waals surface area contributed by atoms with E-state index in [1.54, 1.807) is 45.2 Å². The molecule has 0 unspecified atom stereocenters. The minimum Gasteiger partial charge on any atom is -0.316 e. The molecule has 7 nitrogen and oxygen atoms in total. The number of aromatic amines is 1. The molecule has 23 heavy (non-hydrogen) atoms. The summed E-state index contributed by atoms with van der Waals surface area (Å²) in [4.78, 5) is 13.0. The normalized spacial score (nSPS) is 11.3. The third kappa shape index (κ3) is 3.07. The van der Waals surface area contributed by atoms with Crippen molar-refractivity contribution >= 4 is 27.3 Å². The quantitative estimate of drug-likeness (QED) is 0.923.